The third kappa shape index (κ3) is 7.24. The molecule has 3 heterocycles. The highest BCUT2D eigenvalue weighted by Crippen LogP contribution is 2.53. The van der Waals surface area contributed by atoms with E-state index in [0.717, 1.165) is 42.8 Å². The first-order valence-electron chi connectivity index (χ1n) is 26.5. The summed E-state index contributed by atoms with van der Waals surface area (Å²) in [5.41, 5.74) is 22.3. The van der Waals surface area contributed by atoms with Crippen LogP contribution in [0.3, 0.4) is 0 Å². The van der Waals surface area contributed by atoms with Crippen molar-refractivity contribution in [2.75, 3.05) is 9.80 Å². The molecule has 5 heteroatoms. The molecule has 6 aromatic carbocycles. The lowest BCUT2D eigenvalue weighted by molar-refractivity contribution is 0.332. The van der Waals surface area contributed by atoms with Crippen LogP contribution in [0.25, 0.3) is 22.1 Å². The summed E-state index contributed by atoms with van der Waals surface area (Å²) in [6.45, 7) is 41.0. The fourth-order valence-electron chi connectivity index (χ4n) is 12.9. The largest absolute Gasteiger partial charge is 0.440 e. The molecule has 0 amide bonds. The zero-order valence-corrected chi connectivity index (χ0v) is 46.6. The van der Waals surface area contributed by atoms with Gasteiger partial charge in [0, 0.05) is 39.3 Å². The minimum atomic E-state index is -1.80. The van der Waals surface area contributed by atoms with Gasteiger partial charge in [0.1, 0.15) is 5.58 Å². The normalized spacial score (nSPS) is 18.5. The van der Waals surface area contributed by atoms with E-state index in [1.807, 2.05) is 0 Å². The van der Waals surface area contributed by atoms with E-state index in [1.165, 1.54) is 94.2 Å². The molecule has 0 radical (unpaired) electrons. The summed E-state index contributed by atoms with van der Waals surface area (Å²) >= 11 is 0. The molecule has 0 fully saturated rings. The number of rotatable bonds is 4. The van der Waals surface area contributed by atoms with Crippen LogP contribution in [0.1, 0.15) is 156 Å². The molecule has 0 N–H and O–H groups in total. The average molecular weight is 941 g/mol. The first-order chi connectivity index (χ1) is 32.6. The van der Waals surface area contributed by atoms with Crippen molar-refractivity contribution in [1.29, 1.82) is 0 Å². The van der Waals surface area contributed by atoms with Crippen LogP contribution in [0.5, 0.6) is 0 Å². The molecule has 0 unspecified atom stereocenters. The van der Waals surface area contributed by atoms with E-state index in [4.69, 9.17) is 4.42 Å². The van der Waals surface area contributed by atoms with Crippen LogP contribution in [-0.2, 0) is 32.5 Å². The Morgan fingerprint density at radius 2 is 0.957 bits per heavy atom. The Bertz CT molecular complexity index is 3270. The molecule has 0 spiro atoms. The molecule has 2 aliphatic carbocycles. The third-order valence-electron chi connectivity index (χ3n) is 17.7. The highest BCUT2D eigenvalue weighted by Gasteiger charge is 2.50. The van der Waals surface area contributed by atoms with Gasteiger partial charge in [-0.15, -0.1) is 0 Å². The Balaban J connectivity index is 1.32. The molecule has 70 heavy (non-hydrogen) atoms. The number of hydrogen-bond donors (Lipinski definition) is 0. The molecule has 0 saturated heterocycles. The van der Waals surface area contributed by atoms with E-state index in [0.29, 0.717) is 0 Å². The SMILES string of the molecule is CC(C)(C)c1ccc(N2c3cc4c(cc3B3c5c2cc(-c2ccccc2[Si](C)(C)C)cc5N(c2ccc(C(C)(C)C)cc2)c2oc5cc6c(cc5c23)C(C)(C)CCC6(C)C)C(C)(C)CCC4(C)C)cc1. The van der Waals surface area contributed by atoms with Gasteiger partial charge in [-0.1, -0.05) is 176 Å². The number of hydrogen-bond acceptors (Lipinski definition) is 3. The van der Waals surface area contributed by atoms with Crippen molar-refractivity contribution in [1.82, 2.24) is 0 Å². The highest BCUT2D eigenvalue weighted by atomic mass is 28.3. The summed E-state index contributed by atoms with van der Waals surface area (Å²) in [5, 5.41) is 2.72. The first-order valence-corrected chi connectivity index (χ1v) is 30.0. The Morgan fingerprint density at radius 3 is 1.47 bits per heavy atom. The van der Waals surface area contributed by atoms with Gasteiger partial charge >= 0.3 is 0 Å². The summed E-state index contributed by atoms with van der Waals surface area (Å²) < 4.78 is 7.64. The van der Waals surface area contributed by atoms with Crippen LogP contribution in [0.15, 0.2) is 114 Å². The van der Waals surface area contributed by atoms with Crippen molar-refractivity contribution < 1.29 is 4.42 Å². The third-order valence-corrected chi connectivity index (χ3v) is 19.7. The fraction of sp³-hybridized carbons (Fsp3) is 0.415. The van der Waals surface area contributed by atoms with Crippen molar-refractivity contribution in [2.24, 2.45) is 0 Å². The quantitative estimate of drug-likeness (QED) is 0.164. The van der Waals surface area contributed by atoms with E-state index >= 15 is 0 Å². The maximum Gasteiger partial charge on any atom is 0.257 e. The van der Waals surface area contributed by atoms with Crippen molar-refractivity contribution in [2.45, 2.75) is 175 Å². The Kier molecular flexibility index (Phi) is 10.2. The molecule has 7 aromatic rings. The standard InChI is InChI=1S/C65H77BN2OSi/c1-60(2,3)41-22-26-43(27-23-41)67-52-38-49-48(63(9,10)31-32-64(49,11)12)37-51(52)66-57-46-36-47-50(65(13,14)33-30-62(47,7)8)39-55(46)69-59(57)68(44-28-24-42(25-29-44)61(4,5)6)54-35-40(34-53(67)58(54)66)45-20-18-19-21-56(45)70(15,16)17/h18-29,34-39H,30-33H2,1-17H3. The Morgan fingerprint density at radius 1 is 0.500 bits per heavy atom. The molecular formula is C65H77BN2OSi. The fourth-order valence-corrected chi connectivity index (χ4v) is 14.6. The molecule has 0 atom stereocenters. The maximum atomic E-state index is 7.64. The highest BCUT2D eigenvalue weighted by molar-refractivity contribution is 7.01. The molecule has 4 aliphatic rings. The van der Waals surface area contributed by atoms with Gasteiger partial charge in [0.2, 0.25) is 5.88 Å². The second-order valence-corrected chi connectivity index (χ2v) is 32.7. The number of nitrogens with zero attached hydrogens (tertiary/aromatic N) is 2. The topological polar surface area (TPSA) is 19.6 Å². The lowest BCUT2D eigenvalue weighted by Gasteiger charge is -2.47. The number of benzene rings is 6. The zero-order chi connectivity index (χ0) is 50.0. The summed E-state index contributed by atoms with van der Waals surface area (Å²) in [4.78, 5) is 5.18. The van der Waals surface area contributed by atoms with Gasteiger partial charge < -0.3 is 9.32 Å². The number of fused-ring (bicyclic) bond motifs is 8. The van der Waals surface area contributed by atoms with Crippen LogP contribution in [0.4, 0.5) is 34.3 Å². The van der Waals surface area contributed by atoms with Gasteiger partial charge in [-0.2, -0.15) is 0 Å². The van der Waals surface area contributed by atoms with Crippen LogP contribution in [-0.4, -0.2) is 14.8 Å². The molecule has 0 bridgehead atoms. The van der Waals surface area contributed by atoms with Crippen molar-refractivity contribution >= 4 is 81.7 Å². The molecule has 3 nitrogen and oxygen atoms in total. The monoisotopic (exact) mass is 941 g/mol. The van der Waals surface area contributed by atoms with E-state index in [9.17, 15) is 0 Å². The summed E-state index contributed by atoms with van der Waals surface area (Å²) in [5.74, 6) is 0.946. The predicted molar refractivity (Wildman–Crippen MR) is 307 cm³/mol. The molecule has 11 rings (SSSR count). The summed E-state index contributed by atoms with van der Waals surface area (Å²) in [6, 6.07) is 43.7. The minimum absolute atomic E-state index is 0.0165. The van der Waals surface area contributed by atoms with Gasteiger partial charge in [0.05, 0.1) is 8.07 Å². The van der Waals surface area contributed by atoms with Crippen LogP contribution >= 0.6 is 0 Å². The molecule has 1 aromatic heterocycles. The van der Waals surface area contributed by atoms with Crippen molar-refractivity contribution in [3.63, 3.8) is 0 Å². The van der Waals surface area contributed by atoms with Crippen LogP contribution in [0.2, 0.25) is 19.6 Å². The van der Waals surface area contributed by atoms with Gasteiger partial charge in [-0.3, -0.25) is 4.90 Å². The lowest BCUT2D eigenvalue weighted by atomic mass is 9.33. The summed E-state index contributed by atoms with van der Waals surface area (Å²) in [7, 11) is -1.80. The summed E-state index contributed by atoms with van der Waals surface area (Å²) in [6.07, 6.45) is 4.63. The van der Waals surface area contributed by atoms with Gasteiger partial charge in [-0.25, -0.2) is 0 Å². The van der Waals surface area contributed by atoms with E-state index < -0.39 is 8.07 Å². The van der Waals surface area contributed by atoms with Gasteiger partial charge in [0.15, 0.2) is 0 Å². The van der Waals surface area contributed by atoms with Crippen molar-refractivity contribution in [3.05, 3.63) is 143 Å². The van der Waals surface area contributed by atoms with Gasteiger partial charge in [0.25, 0.3) is 6.71 Å². The van der Waals surface area contributed by atoms with Gasteiger partial charge in [-0.05, 0) is 168 Å². The van der Waals surface area contributed by atoms with Crippen molar-refractivity contribution in [3.8, 4) is 11.1 Å². The molecular weight excluding hydrogens is 864 g/mol. The minimum Gasteiger partial charge on any atom is -0.440 e. The molecule has 360 valence electrons. The predicted octanol–water partition coefficient (Wildman–Crippen LogP) is 16.0. The second kappa shape index (κ2) is 15.1. The van der Waals surface area contributed by atoms with E-state index in [-0.39, 0.29) is 39.2 Å². The lowest BCUT2D eigenvalue weighted by Crippen LogP contribution is -2.61. The Labute approximate surface area is 422 Å². The first kappa shape index (κ1) is 47.1. The van der Waals surface area contributed by atoms with Crippen LogP contribution in [0, 0.1) is 0 Å². The number of anilines is 6. The molecule has 0 saturated carbocycles. The smallest absolute Gasteiger partial charge is 0.257 e. The van der Waals surface area contributed by atoms with Crippen LogP contribution < -0.4 is 31.4 Å². The second-order valence-electron chi connectivity index (χ2n) is 27.6. The molecule has 2 aliphatic heterocycles. The zero-order valence-electron chi connectivity index (χ0n) is 45.6. The average Bonchev–Trinajstić information content (AvgIpc) is 3.66. The number of furan rings is 1. The maximum absolute atomic E-state index is 7.64. The van der Waals surface area contributed by atoms with E-state index in [2.05, 4.69) is 236 Å². The van der Waals surface area contributed by atoms with E-state index in [1.54, 1.807) is 0 Å². The Hall–Kier alpha value is -5.26.